The number of aliphatic carboxylic acids is 1. The van der Waals surface area contributed by atoms with Crippen molar-refractivity contribution in [2.75, 3.05) is 6.61 Å². The third-order valence-electron chi connectivity index (χ3n) is 3.91. The van der Waals surface area contributed by atoms with E-state index in [1.54, 1.807) is 0 Å². The molecular formula is C17H23NO4. The molecule has 1 aliphatic rings. The minimum absolute atomic E-state index is 0.00407. The highest BCUT2D eigenvalue weighted by molar-refractivity contribution is 5.77. The second-order valence-corrected chi connectivity index (χ2v) is 5.89. The van der Waals surface area contributed by atoms with Crippen LogP contribution in [0.5, 0.6) is 5.75 Å². The number of benzene rings is 1. The highest BCUT2D eigenvalue weighted by atomic mass is 16.5. The highest BCUT2D eigenvalue weighted by Crippen LogP contribution is 2.27. The molecule has 1 aromatic carbocycles. The molecule has 0 heterocycles. The number of amides is 1. The highest BCUT2D eigenvalue weighted by Gasteiger charge is 2.34. The number of carbonyl (C=O) groups is 2. The van der Waals surface area contributed by atoms with Gasteiger partial charge in [0.1, 0.15) is 5.75 Å². The van der Waals surface area contributed by atoms with Crippen LogP contribution in [-0.4, -0.2) is 29.6 Å². The first-order chi connectivity index (χ1) is 10.5. The quantitative estimate of drug-likeness (QED) is 0.724. The van der Waals surface area contributed by atoms with E-state index in [2.05, 4.69) is 5.32 Å². The Morgan fingerprint density at radius 2 is 2.09 bits per heavy atom. The van der Waals surface area contributed by atoms with E-state index < -0.39 is 5.97 Å². The number of hydrogen-bond donors (Lipinski definition) is 2. The molecule has 1 aromatic rings. The molecule has 1 fully saturated rings. The molecule has 5 nitrogen and oxygen atoms in total. The van der Waals surface area contributed by atoms with Gasteiger partial charge in [0, 0.05) is 12.5 Å². The summed E-state index contributed by atoms with van der Waals surface area (Å²) in [6.45, 7) is 2.62. The van der Waals surface area contributed by atoms with E-state index in [1.807, 2.05) is 31.2 Å². The van der Waals surface area contributed by atoms with Gasteiger partial charge in [0.15, 0.2) is 0 Å². The molecule has 1 amide bonds. The third kappa shape index (κ3) is 5.06. The van der Waals surface area contributed by atoms with E-state index in [0.29, 0.717) is 25.9 Å². The van der Waals surface area contributed by atoms with Gasteiger partial charge in [-0.05, 0) is 50.3 Å². The molecule has 5 heteroatoms. The average molecular weight is 305 g/mol. The SMILES string of the molecule is Cc1cccc(OCCCCC(=O)NC2CC(C(=O)O)C2)c1. The van der Waals surface area contributed by atoms with Crippen molar-refractivity contribution >= 4 is 11.9 Å². The Labute approximate surface area is 130 Å². The van der Waals surface area contributed by atoms with Gasteiger partial charge in [-0.15, -0.1) is 0 Å². The monoisotopic (exact) mass is 305 g/mol. The van der Waals surface area contributed by atoms with Crippen LogP contribution in [0, 0.1) is 12.8 Å². The van der Waals surface area contributed by atoms with Crippen molar-refractivity contribution in [1.29, 1.82) is 0 Å². The summed E-state index contributed by atoms with van der Waals surface area (Å²) in [6, 6.07) is 7.93. The first kappa shape index (κ1) is 16.3. The standard InChI is InChI=1S/C17H23NO4/c1-12-5-4-6-15(9-12)22-8-3-2-7-16(19)18-14-10-13(11-14)17(20)21/h4-6,9,13-14H,2-3,7-8,10-11H2,1H3,(H,18,19)(H,20,21). The maximum atomic E-state index is 11.7. The van der Waals surface area contributed by atoms with E-state index in [0.717, 1.165) is 24.2 Å². The van der Waals surface area contributed by atoms with Crippen molar-refractivity contribution in [3.05, 3.63) is 29.8 Å². The van der Waals surface area contributed by atoms with Gasteiger partial charge in [-0.3, -0.25) is 9.59 Å². The molecule has 0 saturated heterocycles. The van der Waals surface area contributed by atoms with Gasteiger partial charge >= 0.3 is 5.97 Å². The summed E-state index contributed by atoms with van der Waals surface area (Å²) in [5.74, 6) is -0.185. The Balaban J connectivity index is 1.52. The normalized spacial score (nSPS) is 20.0. The fourth-order valence-corrected chi connectivity index (χ4v) is 2.52. The topological polar surface area (TPSA) is 75.6 Å². The number of carbonyl (C=O) groups excluding carboxylic acids is 1. The van der Waals surface area contributed by atoms with Gasteiger partial charge in [-0.25, -0.2) is 0 Å². The van der Waals surface area contributed by atoms with E-state index in [4.69, 9.17) is 9.84 Å². The molecule has 1 aliphatic carbocycles. The van der Waals surface area contributed by atoms with Gasteiger partial charge in [0.05, 0.1) is 12.5 Å². The van der Waals surface area contributed by atoms with Crippen LogP contribution in [0.15, 0.2) is 24.3 Å². The van der Waals surface area contributed by atoms with Crippen LogP contribution in [-0.2, 0) is 9.59 Å². The van der Waals surface area contributed by atoms with Crippen LogP contribution < -0.4 is 10.1 Å². The predicted molar refractivity (Wildman–Crippen MR) is 82.8 cm³/mol. The predicted octanol–water partition coefficient (Wildman–Crippen LogP) is 2.52. The molecule has 0 bridgehead atoms. The number of rotatable bonds is 8. The smallest absolute Gasteiger partial charge is 0.306 e. The molecule has 0 atom stereocenters. The summed E-state index contributed by atoms with van der Waals surface area (Å²) in [5.41, 5.74) is 1.16. The second-order valence-electron chi connectivity index (χ2n) is 5.89. The summed E-state index contributed by atoms with van der Waals surface area (Å²) in [5, 5.41) is 11.6. The van der Waals surface area contributed by atoms with Crippen molar-refractivity contribution in [3.63, 3.8) is 0 Å². The Bertz CT molecular complexity index is 523. The van der Waals surface area contributed by atoms with Crippen molar-refractivity contribution < 1.29 is 19.4 Å². The zero-order chi connectivity index (χ0) is 15.9. The molecule has 0 aromatic heterocycles. The maximum Gasteiger partial charge on any atom is 0.306 e. The van der Waals surface area contributed by atoms with E-state index in [1.165, 1.54) is 0 Å². The lowest BCUT2D eigenvalue weighted by atomic mass is 9.80. The van der Waals surface area contributed by atoms with Crippen LogP contribution in [0.1, 0.15) is 37.7 Å². The van der Waals surface area contributed by atoms with Gasteiger partial charge in [0.2, 0.25) is 5.91 Å². The number of unbranched alkanes of at least 4 members (excludes halogenated alkanes) is 1. The van der Waals surface area contributed by atoms with E-state index in [9.17, 15) is 9.59 Å². The molecule has 0 aliphatic heterocycles. The number of ether oxygens (including phenoxy) is 1. The summed E-state index contributed by atoms with van der Waals surface area (Å²) >= 11 is 0. The zero-order valence-corrected chi connectivity index (χ0v) is 12.9. The minimum atomic E-state index is -0.765. The maximum absolute atomic E-state index is 11.7. The molecule has 2 rings (SSSR count). The van der Waals surface area contributed by atoms with Crippen LogP contribution in [0.3, 0.4) is 0 Å². The fraction of sp³-hybridized carbons (Fsp3) is 0.529. The molecule has 0 unspecified atom stereocenters. The molecule has 120 valence electrons. The van der Waals surface area contributed by atoms with E-state index >= 15 is 0 Å². The van der Waals surface area contributed by atoms with Gasteiger partial charge < -0.3 is 15.2 Å². The van der Waals surface area contributed by atoms with Crippen LogP contribution in [0.2, 0.25) is 0 Å². The summed E-state index contributed by atoms with van der Waals surface area (Å²) in [6.07, 6.45) is 3.16. The van der Waals surface area contributed by atoms with E-state index in [-0.39, 0.29) is 17.9 Å². The van der Waals surface area contributed by atoms with Gasteiger partial charge in [0.25, 0.3) is 0 Å². The second kappa shape index (κ2) is 7.82. The summed E-state index contributed by atoms with van der Waals surface area (Å²) in [7, 11) is 0. The molecular weight excluding hydrogens is 282 g/mol. The molecule has 2 N–H and O–H groups in total. The third-order valence-corrected chi connectivity index (χ3v) is 3.91. The van der Waals surface area contributed by atoms with Crippen molar-refractivity contribution in [3.8, 4) is 5.75 Å². The van der Waals surface area contributed by atoms with Crippen LogP contribution >= 0.6 is 0 Å². The number of carboxylic acids is 1. The van der Waals surface area contributed by atoms with Crippen molar-refractivity contribution in [2.24, 2.45) is 5.92 Å². The van der Waals surface area contributed by atoms with Gasteiger partial charge in [-0.1, -0.05) is 12.1 Å². The molecule has 22 heavy (non-hydrogen) atoms. The molecule has 0 spiro atoms. The zero-order valence-electron chi connectivity index (χ0n) is 12.9. The number of aryl methyl sites for hydroxylation is 1. The lowest BCUT2D eigenvalue weighted by Crippen LogP contribution is -2.46. The lowest BCUT2D eigenvalue weighted by Gasteiger charge is -2.32. The van der Waals surface area contributed by atoms with Crippen LogP contribution in [0.4, 0.5) is 0 Å². The first-order valence-electron chi connectivity index (χ1n) is 7.76. The Morgan fingerprint density at radius 1 is 1.32 bits per heavy atom. The van der Waals surface area contributed by atoms with Crippen LogP contribution in [0.25, 0.3) is 0 Å². The summed E-state index contributed by atoms with van der Waals surface area (Å²) in [4.78, 5) is 22.4. The largest absolute Gasteiger partial charge is 0.494 e. The fourth-order valence-electron chi connectivity index (χ4n) is 2.52. The lowest BCUT2D eigenvalue weighted by molar-refractivity contribution is -0.146. The van der Waals surface area contributed by atoms with Gasteiger partial charge in [-0.2, -0.15) is 0 Å². The Hall–Kier alpha value is -2.04. The minimum Gasteiger partial charge on any atom is -0.494 e. The first-order valence-corrected chi connectivity index (χ1v) is 7.76. The number of carboxylic acid groups (broad SMARTS) is 1. The molecule has 1 saturated carbocycles. The number of nitrogens with one attached hydrogen (secondary N) is 1. The molecule has 0 radical (unpaired) electrons. The average Bonchev–Trinajstić information content (AvgIpc) is 2.41. The Morgan fingerprint density at radius 3 is 2.77 bits per heavy atom. The Kier molecular flexibility index (Phi) is 5.81. The van der Waals surface area contributed by atoms with Crippen molar-refractivity contribution in [1.82, 2.24) is 5.32 Å². The van der Waals surface area contributed by atoms with Crippen molar-refractivity contribution in [2.45, 2.75) is 45.1 Å². The summed E-state index contributed by atoms with van der Waals surface area (Å²) < 4.78 is 5.63. The number of hydrogen-bond acceptors (Lipinski definition) is 3.